The molecule has 2 aromatic carbocycles. The van der Waals surface area contributed by atoms with E-state index in [1.807, 2.05) is 35.2 Å². The molecular weight excluding hydrogens is 403 g/mol. The van der Waals surface area contributed by atoms with E-state index >= 15 is 0 Å². The van der Waals surface area contributed by atoms with Crippen LogP contribution < -0.4 is 5.32 Å². The van der Waals surface area contributed by atoms with Crippen molar-refractivity contribution in [1.82, 2.24) is 10.2 Å². The van der Waals surface area contributed by atoms with Gasteiger partial charge in [-0.15, -0.1) is 6.58 Å². The Morgan fingerprint density at radius 2 is 1.81 bits per heavy atom. The molecule has 1 saturated heterocycles. The number of hydrogen-bond acceptors (Lipinski definition) is 2. The molecule has 1 aliphatic heterocycles. The summed E-state index contributed by atoms with van der Waals surface area (Å²) in [4.78, 5) is 27.8. The fourth-order valence-electron chi connectivity index (χ4n) is 4.78. The monoisotopic (exact) mass is 434 g/mol. The molecule has 168 valence electrons. The number of rotatable bonds is 7. The van der Waals surface area contributed by atoms with Crippen molar-refractivity contribution in [2.24, 2.45) is 17.3 Å². The molecule has 5 heteroatoms. The Kier molecular flexibility index (Phi) is 6.45. The van der Waals surface area contributed by atoms with E-state index in [-0.39, 0.29) is 23.5 Å². The maximum Gasteiger partial charge on any atom is 0.226 e. The molecule has 1 saturated carbocycles. The van der Waals surface area contributed by atoms with Gasteiger partial charge in [-0.3, -0.25) is 9.59 Å². The molecule has 2 fully saturated rings. The van der Waals surface area contributed by atoms with Crippen LogP contribution in [0.4, 0.5) is 4.39 Å². The number of amides is 2. The van der Waals surface area contributed by atoms with Crippen molar-refractivity contribution in [3.8, 4) is 11.1 Å². The summed E-state index contributed by atoms with van der Waals surface area (Å²) in [5, 5.41) is 2.98. The van der Waals surface area contributed by atoms with Gasteiger partial charge < -0.3 is 10.2 Å². The van der Waals surface area contributed by atoms with E-state index in [1.165, 1.54) is 6.07 Å². The summed E-state index contributed by atoms with van der Waals surface area (Å²) in [7, 11) is 0. The van der Waals surface area contributed by atoms with E-state index in [2.05, 4.69) is 18.8 Å². The van der Waals surface area contributed by atoms with E-state index in [0.717, 1.165) is 17.5 Å². The summed E-state index contributed by atoms with van der Waals surface area (Å²) in [6.45, 7) is 7.46. The minimum Gasteiger partial charge on any atom is -0.352 e. The second-order valence-electron chi connectivity index (χ2n) is 9.28. The Morgan fingerprint density at radius 3 is 2.41 bits per heavy atom. The number of carbonyl (C=O) groups excluding carboxylic acids is 2. The highest BCUT2D eigenvalue weighted by molar-refractivity contribution is 5.85. The van der Waals surface area contributed by atoms with Crippen molar-refractivity contribution in [3.05, 3.63) is 72.6 Å². The SMILES string of the molecule is C=CCNC(=O)C1(Cc2ccc(-c3ccccc3F)cc2)CCN(C(=O)C2CC2C)CC1. The Labute approximate surface area is 189 Å². The highest BCUT2D eigenvalue weighted by Crippen LogP contribution is 2.42. The summed E-state index contributed by atoms with van der Waals surface area (Å²) in [6, 6.07) is 14.5. The molecule has 2 aliphatic rings. The van der Waals surface area contributed by atoms with Gasteiger partial charge in [0.05, 0.1) is 5.41 Å². The zero-order valence-corrected chi connectivity index (χ0v) is 18.6. The third-order valence-electron chi connectivity index (χ3n) is 7.03. The van der Waals surface area contributed by atoms with Crippen LogP contribution in [0.1, 0.15) is 31.7 Å². The van der Waals surface area contributed by atoms with E-state index in [9.17, 15) is 14.0 Å². The largest absolute Gasteiger partial charge is 0.352 e. The molecule has 1 N–H and O–H groups in total. The van der Waals surface area contributed by atoms with Crippen LogP contribution in [0, 0.1) is 23.1 Å². The molecule has 0 aromatic heterocycles. The van der Waals surface area contributed by atoms with Gasteiger partial charge >= 0.3 is 0 Å². The van der Waals surface area contributed by atoms with Crippen LogP contribution in [0.5, 0.6) is 0 Å². The Morgan fingerprint density at radius 1 is 1.16 bits per heavy atom. The molecule has 2 atom stereocenters. The normalized spacial score (nSPS) is 21.6. The third-order valence-corrected chi connectivity index (χ3v) is 7.03. The quantitative estimate of drug-likeness (QED) is 0.648. The lowest BCUT2D eigenvalue weighted by atomic mass is 9.72. The van der Waals surface area contributed by atoms with E-state index < -0.39 is 5.41 Å². The first-order valence-corrected chi connectivity index (χ1v) is 11.5. The topological polar surface area (TPSA) is 49.4 Å². The van der Waals surface area contributed by atoms with Crippen molar-refractivity contribution in [3.63, 3.8) is 0 Å². The fraction of sp³-hybridized carbons (Fsp3) is 0.407. The van der Waals surface area contributed by atoms with Gasteiger partial charge in [-0.05, 0) is 48.8 Å². The summed E-state index contributed by atoms with van der Waals surface area (Å²) in [6.07, 6.45) is 4.53. The first kappa shape index (κ1) is 22.3. The van der Waals surface area contributed by atoms with Gasteiger partial charge in [-0.1, -0.05) is 55.5 Å². The van der Waals surface area contributed by atoms with Crippen molar-refractivity contribution < 1.29 is 14.0 Å². The first-order valence-electron chi connectivity index (χ1n) is 11.5. The average Bonchev–Trinajstić information content (AvgIpc) is 3.55. The minimum atomic E-state index is -0.561. The molecule has 1 heterocycles. The smallest absolute Gasteiger partial charge is 0.226 e. The first-order chi connectivity index (χ1) is 15.4. The molecule has 0 spiro atoms. The summed E-state index contributed by atoms with van der Waals surface area (Å²) >= 11 is 0. The molecular formula is C27H31FN2O2. The van der Waals surface area contributed by atoms with E-state index in [1.54, 1.807) is 18.2 Å². The van der Waals surface area contributed by atoms with Crippen LogP contribution in [-0.4, -0.2) is 36.3 Å². The molecule has 1 aliphatic carbocycles. The number of benzene rings is 2. The molecule has 4 rings (SSSR count). The lowest BCUT2D eigenvalue weighted by Gasteiger charge is -2.41. The number of piperidine rings is 1. The Balaban J connectivity index is 1.50. The molecule has 4 nitrogen and oxygen atoms in total. The molecule has 2 amide bonds. The van der Waals surface area contributed by atoms with Crippen LogP contribution in [-0.2, 0) is 16.0 Å². The van der Waals surface area contributed by atoms with Crippen LogP contribution >= 0.6 is 0 Å². The zero-order chi connectivity index (χ0) is 22.7. The maximum atomic E-state index is 14.1. The lowest BCUT2D eigenvalue weighted by molar-refractivity contribution is -0.141. The van der Waals surface area contributed by atoms with Gasteiger partial charge in [0.15, 0.2) is 0 Å². The fourth-order valence-corrected chi connectivity index (χ4v) is 4.78. The van der Waals surface area contributed by atoms with E-state index in [4.69, 9.17) is 0 Å². The van der Waals surface area contributed by atoms with Crippen molar-refractivity contribution >= 4 is 11.8 Å². The highest BCUT2D eigenvalue weighted by atomic mass is 19.1. The van der Waals surface area contributed by atoms with Crippen LogP contribution in [0.25, 0.3) is 11.1 Å². The predicted octanol–water partition coefficient (Wildman–Crippen LogP) is 4.60. The van der Waals surface area contributed by atoms with Crippen LogP contribution in [0.15, 0.2) is 61.2 Å². The van der Waals surface area contributed by atoms with Gasteiger partial charge in [-0.2, -0.15) is 0 Å². The second-order valence-corrected chi connectivity index (χ2v) is 9.28. The number of carbonyl (C=O) groups is 2. The van der Waals surface area contributed by atoms with E-state index in [0.29, 0.717) is 50.4 Å². The van der Waals surface area contributed by atoms with Gasteiger partial charge in [0.2, 0.25) is 11.8 Å². The van der Waals surface area contributed by atoms with Crippen LogP contribution in [0.2, 0.25) is 0 Å². The molecule has 0 bridgehead atoms. The molecule has 2 unspecified atom stereocenters. The highest BCUT2D eigenvalue weighted by Gasteiger charge is 2.46. The standard InChI is InChI=1S/C27H31FN2O2/c1-3-14-29-26(32)27(12-15-30(16-13-27)25(31)23-17-19(23)2)18-20-8-10-21(11-9-20)22-6-4-5-7-24(22)28/h3-11,19,23H,1,12-18H2,2H3,(H,29,32). The number of nitrogens with zero attached hydrogens (tertiary/aromatic N) is 1. The maximum absolute atomic E-state index is 14.1. The Bertz CT molecular complexity index is 993. The number of nitrogens with one attached hydrogen (secondary N) is 1. The van der Waals surface area contributed by atoms with Crippen molar-refractivity contribution in [2.45, 2.75) is 32.6 Å². The van der Waals surface area contributed by atoms with Gasteiger partial charge in [0.1, 0.15) is 5.82 Å². The van der Waals surface area contributed by atoms with Crippen LogP contribution in [0.3, 0.4) is 0 Å². The van der Waals surface area contributed by atoms with Gasteiger partial charge in [-0.25, -0.2) is 4.39 Å². The van der Waals surface area contributed by atoms with Crippen molar-refractivity contribution in [1.29, 1.82) is 0 Å². The summed E-state index contributed by atoms with van der Waals surface area (Å²) in [5.74, 6) is 0.665. The number of hydrogen-bond donors (Lipinski definition) is 1. The molecule has 0 radical (unpaired) electrons. The second kappa shape index (κ2) is 9.27. The van der Waals surface area contributed by atoms with Gasteiger partial charge in [0, 0.05) is 31.1 Å². The summed E-state index contributed by atoms with van der Waals surface area (Å²) < 4.78 is 14.1. The average molecular weight is 435 g/mol. The van der Waals surface area contributed by atoms with Crippen molar-refractivity contribution in [2.75, 3.05) is 19.6 Å². The minimum absolute atomic E-state index is 0.0162. The molecule has 32 heavy (non-hydrogen) atoms. The molecule has 2 aromatic rings. The Hall–Kier alpha value is -2.95. The number of halogens is 1. The predicted molar refractivity (Wildman–Crippen MR) is 124 cm³/mol. The van der Waals surface area contributed by atoms with Gasteiger partial charge in [0.25, 0.3) is 0 Å². The zero-order valence-electron chi connectivity index (χ0n) is 18.6. The summed E-state index contributed by atoms with van der Waals surface area (Å²) in [5.41, 5.74) is 1.86. The number of likely N-dealkylation sites (tertiary alicyclic amines) is 1. The lowest BCUT2D eigenvalue weighted by Crippen LogP contribution is -2.51. The third kappa shape index (κ3) is 4.62.